The summed E-state index contributed by atoms with van der Waals surface area (Å²) in [6, 6.07) is 8.57. The van der Waals surface area contributed by atoms with Crippen molar-refractivity contribution in [1.82, 2.24) is 5.43 Å². The molecular formula is C13H19BrN2O. The molecule has 17 heavy (non-hydrogen) atoms. The fraction of sp³-hybridized carbons (Fsp3) is 0.538. The van der Waals surface area contributed by atoms with Gasteiger partial charge in [0, 0.05) is 11.1 Å². The van der Waals surface area contributed by atoms with Gasteiger partial charge in [0.2, 0.25) is 0 Å². The van der Waals surface area contributed by atoms with Crippen molar-refractivity contribution in [2.75, 3.05) is 6.61 Å². The maximum Gasteiger partial charge on any atom is 0.0744 e. The van der Waals surface area contributed by atoms with Crippen LogP contribution < -0.4 is 11.3 Å². The summed E-state index contributed by atoms with van der Waals surface area (Å²) in [6.07, 6.45) is 4.67. The smallest absolute Gasteiger partial charge is 0.0744 e. The van der Waals surface area contributed by atoms with Gasteiger partial charge < -0.3 is 4.74 Å². The quantitative estimate of drug-likeness (QED) is 0.663. The Morgan fingerprint density at radius 3 is 2.71 bits per heavy atom. The third-order valence-electron chi connectivity index (χ3n) is 3.25. The molecule has 1 aromatic carbocycles. The zero-order valence-corrected chi connectivity index (χ0v) is 11.4. The topological polar surface area (TPSA) is 47.3 Å². The average Bonchev–Trinajstić information content (AvgIpc) is 2.39. The fourth-order valence-electron chi connectivity index (χ4n) is 2.26. The Bertz CT molecular complexity index is 336. The Balaban J connectivity index is 1.96. The first-order valence-electron chi connectivity index (χ1n) is 6.12. The normalized spacial score (nSPS) is 22.4. The molecule has 0 saturated carbocycles. The van der Waals surface area contributed by atoms with Crippen LogP contribution in [-0.2, 0) is 11.2 Å². The van der Waals surface area contributed by atoms with Gasteiger partial charge in [0.15, 0.2) is 0 Å². The van der Waals surface area contributed by atoms with Gasteiger partial charge in [-0.15, -0.1) is 0 Å². The monoisotopic (exact) mass is 298 g/mol. The molecule has 3 nitrogen and oxygen atoms in total. The number of benzene rings is 1. The molecule has 0 bridgehead atoms. The van der Waals surface area contributed by atoms with E-state index >= 15 is 0 Å². The SMILES string of the molecule is NNC(Cc1ccc(Br)cc1)C1CCCCO1. The van der Waals surface area contributed by atoms with Gasteiger partial charge in [-0.2, -0.15) is 0 Å². The number of hydrazine groups is 1. The molecule has 0 radical (unpaired) electrons. The highest BCUT2D eigenvalue weighted by Crippen LogP contribution is 2.19. The first-order chi connectivity index (χ1) is 8.29. The van der Waals surface area contributed by atoms with Crippen molar-refractivity contribution >= 4 is 15.9 Å². The predicted molar refractivity (Wildman–Crippen MR) is 72.5 cm³/mol. The molecular weight excluding hydrogens is 280 g/mol. The highest BCUT2D eigenvalue weighted by Gasteiger charge is 2.23. The van der Waals surface area contributed by atoms with Crippen LogP contribution in [-0.4, -0.2) is 18.8 Å². The van der Waals surface area contributed by atoms with Crippen LogP contribution in [0.25, 0.3) is 0 Å². The molecule has 0 aliphatic carbocycles. The van der Waals surface area contributed by atoms with E-state index in [9.17, 15) is 0 Å². The minimum absolute atomic E-state index is 0.205. The highest BCUT2D eigenvalue weighted by molar-refractivity contribution is 9.10. The number of hydrogen-bond donors (Lipinski definition) is 2. The second-order valence-electron chi connectivity index (χ2n) is 4.51. The summed E-state index contributed by atoms with van der Waals surface area (Å²) < 4.78 is 6.88. The first kappa shape index (κ1) is 13.0. The van der Waals surface area contributed by atoms with Gasteiger partial charge in [-0.05, 0) is 43.4 Å². The molecule has 0 aromatic heterocycles. The van der Waals surface area contributed by atoms with Crippen molar-refractivity contribution in [3.05, 3.63) is 34.3 Å². The molecule has 1 heterocycles. The minimum Gasteiger partial charge on any atom is -0.377 e. The van der Waals surface area contributed by atoms with Crippen LogP contribution in [0.2, 0.25) is 0 Å². The summed E-state index contributed by atoms with van der Waals surface area (Å²) >= 11 is 3.44. The molecule has 1 aliphatic rings. The van der Waals surface area contributed by atoms with E-state index in [1.165, 1.54) is 18.4 Å². The fourth-order valence-corrected chi connectivity index (χ4v) is 2.52. The molecule has 0 spiro atoms. The summed E-state index contributed by atoms with van der Waals surface area (Å²) in [5.41, 5.74) is 4.18. The van der Waals surface area contributed by atoms with Crippen LogP contribution in [0.4, 0.5) is 0 Å². The van der Waals surface area contributed by atoms with Gasteiger partial charge in [0.1, 0.15) is 0 Å². The molecule has 1 aromatic rings. The Labute approximate surface area is 111 Å². The van der Waals surface area contributed by atoms with E-state index in [1.807, 2.05) is 0 Å². The van der Waals surface area contributed by atoms with Crippen LogP contribution in [0, 0.1) is 0 Å². The maximum atomic E-state index is 5.78. The summed E-state index contributed by atoms with van der Waals surface area (Å²) in [6.45, 7) is 0.864. The van der Waals surface area contributed by atoms with Gasteiger partial charge in [0.25, 0.3) is 0 Å². The molecule has 0 amide bonds. The largest absolute Gasteiger partial charge is 0.377 e. The van der Waals surface area contributed by atoms with Crippen molar-refractivity contribution in [3.8, 4) is 0 Å². The number of nitrogens with one attached hydrogen (secondary N) is 1. The molecule has 3 N–H and O–H groups in total. The molecule has 1 aliphatic heterocycles. The van der Waals surface area contributed by atoms with E-state index in [-0.39, 0.29) is 12.1 Å². The Morgan fingerprint density at radius 2 is 2.12 bits per heavy atom. The van der Waals surface area contributed by atoms with E-state index in [4.69, 9.17) is 10.6 Å². The van der Waals surface area contributed by atoms with Crippen molar-refractivity contribution < 1.29 is 4.74 Å². The Kier molecular flexibility index (Phi) is 4.98. The van der Waals surface area contributed by atoms with Crippen molar-refractivity contribution in [3.63, 3.8) is 0 Å². The van der Waals surface area contributed by atoms with E-state index in [0.29, 0.717) is 0 Å². The minimum atomic E-state index is 0.205. The van der Waals surface area contributed by atoms with Crippen LogP contribution in [0.15, 0.2) is 28.7 Å². The lowest BCUT2D eigenvalue weighted by Crippen LogP contribution is -2.47. The van der Waals surface area contributed by atoms with E-state index in [0.717, 1.165) is 23.9 Å². The second-order valence-corrected chi connectivity index (χ2v) is 5.42. The summed E-state index contributed by atoms with van der Waals surface area (Å²) in [5.74, 6) is 5.64. The van der Waals surface area contributed by atoms with Crippen LogP contribution in [0.5, 0.6) is 0 Å². The van der Waals surface area contributed by atoms with E-state index in [2.05, 4.69) is 45.6 Å². The van der Waals surface area contributed by atoms with E-state index < -0.39 is 0 Å². The van der Waals surface area contributed by atoms with Crippen molar-refractivity contribution in [2.24, 2.45) is 5.84 Å². The number of hydrogen-bond acceptors (Lipinski definition) is 3. The van der Waals surface area contributed by atoms with Gasteiger partial charge in [-0.1, -0.05) is 28.1 Å². The Morgan fingerprint density at radius 1 is 1.35 bits per heavy atom. The molecule has 94 valence electrons. The lowest BCUT2D eigenvalue weighted by atomic mass is 9.96. The number of ether oxygens (including phenoxy) is 1. The predicted octanol–water partition coefficient (Wildman–Crippen LogP) is 2.39. The molecule has 1 fully saturated rings. The van der Waals surface area contributed by atoms with Gasteiger partial charge >= 0.3 is 0 Å². The molecule has 2 unspecified atom stereocenters. The molecule has 2 atom stereocenters. The van der Waals surface area contributed by atoms with E-state index in [1.54, 1.807) is 0 Å². The van der Waals surface area contributed by atoms with Gasteiger partial charge in [-0.3, -0.25) is 11.3 Å². The number of rotatable bonds is 4. The highest BCUT2D eigenvalue weighted by atomic mass is 79.9. The van der Waals surface area contributed by atoms with Crippen LogP contribution in [0.1, 0.15) is 24.8 Å². The lowest BCUT2D eigenvalue weighted by Gasteiger charge is -2.30. The van der Waals surface area contributed by atoms with Gasteiger partial charge in [0.05, 0.1) is 12.1 Å². The summed E-state index contributed by atoms with van der Waals surface area (Å²) in [4.78, 5) is 0. The first-order valence-corrected chi connectivity index (χ1v) is 6.91. The summed E-state index contributed by atoms with van der Waals surface area (Å²) in [5, 5.41) is 0. The molecule has 2 rings (SSSR count). The average molecular weight is 299 g/mol. The standard InChI is InChI=1S/C13H19BrN2O/c14-11-6-4-10(5-7-11)9-12(16-15)13-3-1-2-8-17-13/h4-7,12-13,16H,1-3,8-9,15H2. The van der Waals surface area contributed by atoms with Crippen molar-refractivity contribution in [1.29, 1.82) is 0 Å². The molecule has 4 heteroatoms. The third kappa shape index (κ3) is 3.78. The lowest BCUT2D eigenvalue weighted by molar-refractivity contribution is -0.00744. The molecule has 1 saturated heterocycles. The maximum absolute atomic E-state index is 5.78. The third-order valence-corrected chi connectivity index (χ3v) is 3.78. The van der Waals surface area contributed by atoms with Crippen LogP contribution in [0.3, 0.4) is 0 Å². The zero-order valence-electron chi connectivity index (χ0n) is 9.86. The Hall–Kier alpha value is -0.420. The zero-order chi connectivity index (χ0) is 12.1. The number of nitrogens with two attached hydrogens (primary N) is 1. The van der Waals surface area contributed by atoms with Crippen LogP contribution >= 0.6 is 15.9 Å². The van der Waals surface area contributed by atoms with Crippen molar-refractivity contribution in [2.45, 2.75) is 37.8 Å². The second kappa shape index (κ2) is 6.50. The van der Waals surface area contributed by atoms with Gasteiger partial charge in [-0.25, -0.2) is 0 Å². The summed E-state index contributed by atoms with van der Waals surface area (Å²) in [7, 11) is 0. The number of halogens is 1.